The molecule has 1 saturated carbocycles. The number of carbonyl (C=O) groups excluding carboxylic acids is 2. The van der Waals surface area contributed by atoms with Crippen molar-refractivity contribution in [2.45, 2.75) is 59.9 Å². The molecule has 2 aromatic carbocycles. The molecule has 0 radical (unpaired) electrons. The highest BCUT2D eigenvalue weighted by atomic mass is 16.6. The van der Waals surface area contributed by atoms with E-state index in [4.69, 9.17) is 0 Å². The summed E-state index contributed by atoms with van der Waals surface area (Å²) in [6, 6.07) is 8.68. The van der Waals surface area contributed by atoms with Gasteiger partial charge in [0.2, 0.25) is 0 Å². The normalized spacial score (nSPS) is 20.9. The van der Waals surface area contributed by atoms with Gasteiger partial charge in [0, 0.05) is 47.0 Å². The summed E-state index contributed by atoms with van der Waals surface area (Å²) in [4.78, 5) is 47.4. The minimum Gasteiger partial charge on any atom is -0.351 e. The Labute approximate surface area is 209 Å². The summed E-state index contributed by atoms with van der Waals surface area (Å²) in [5.41, 5.74) is 0.473. The van der Waals surface area contributed by atoms with Gasteiger partial charge in [0.05, 0.1) is 9.85 Å². The summed E-state index contributed by atoms with van der Waals surface area (Å²) in [5.74, 6) is -0.744. The van der Waals surface area contributed by atoms with Crippen LogP contribution in [0.1, 0.15) is 71.9 Å². The molecule has 2 atom stereocenters. The summed E-state index contributed by atoms with van der Waals surface area (Å²) in [7, 11) is 0. The number of rotatable bonds is 7. The lowest BCUT2D eigenvalue weighted by molar-refractivity contribution is -0.385. The van der Waals surface area contributed by atoms with Crippen molar-refractivity contribution in [1.29, 1.82) is 0 Å². The second-order valence-corrected chi connectivity index (χ2v) is 10.8. The first-order valence-corrected chi connectivity index (χ1v) is 11.8. The van der Waals surface area contributed by atoms with E-state index in [0.29, 0.717) is 24.1 Å². The molecule has 0 aliphatic heterocycles. The van der Waals surface area contributed by atoms with E-state index in [2.05, 4.69) is 24.5 Å². The van der Waals surface area contributed by atoms with Crippen LogP contribution in [-0.4, -0.2) is 34.2 Å². The van der Waals surface area contributed by atoms with E-state index < -0.39 is 9.85 Å². The molecule has 1 fully saturated rings. The van der Waals surface area contributed by atoms with Crippen molar-refractivity contribution in [2.75, 3.05) is 6.54 Å². The molecule has 0 heterocycles. The number of hydrogen-bond acceptors (Lipinski definition) is 6. The maximum Gasteiger partial charge on any atom is 0.273 e. The van der Waals surface area contributed by atoms with Crippen LogP contribution in [0.4, 0.5) is 11.4 Å². The minimum atomic E-state index is -0.507. The van der Waals surface area contributed by atoms with Gasteiger partial charge in [0.1, 0.15) is 0 Å². The number of amides is 2. The lowest BCUT2D eigenvalue weighted by Crippen LogP contribution is -2.50. The molecule has 0 unspecified atom stereocenters. The van der Waals surface area contributed by atoms with Crippen LogP contribution in [0.15, 0.2) is 36.4 Å². The number of hydrogen-bond donors (Lipinski definition) is 2. The van der Waals surface area contributed by atoms with Gasteiger partial charge in [-0.1, -0.05) is 32.9 Å². The maximum atomic E-state index is 13.0. The van der Waals surface area contributed by atoms with Crippen molar-refractivity contribution in [3.05, 3.63) is 78.9 Å². The Kier molecular flexibility index (Phi) is 7.47. The number of carbonyl (C=O) groups is 2. The first-order valence-electron chi connectivity index (χ1n) is 11.8. The Morgan fingerprint density at radius 1 is 0.889 bits per heavy atom. The molecular formula is C26H32N4O6. The average molecular weight is 497 g/mol. The quantitative estimate of drug-likeness (QED) is 0.413. The molecule has 36 heavy (non-hydrogen) atoms. The molecule has 10 nitrogen and oxygen atoms in total. The standard InChI is InChI=1S/C26H32N4O6/c1-16-19(8-6-10-21(16)29(33)34)23(31)27-15-26(5)13-18(12-25(3,4)14-26)28-24(32)20-9-7-11-22(17(20)2)30(35)36/h6-11,18H,12-15H2,1-5H3,(H,27,31)(H,28,32)/t18-,26-/m1/s1. The second-order valence-electron chi connectivity index (χ2n) is 10.8. The van der Waals surface area contributed by atoms with Crippen molar-refractivity contribution in [3.8, 4) is 0 Å². The summed E-state index contributed by atoms with van der Waals surface area (Å²) in [5, 5.41) is 28.5. The van der Waals surface area contributed by atoms with Crippen LogP contribution in [-0.2, 0) is 0 Å². The lowest BCUT2D eigenvalue weighted by Gasteiger charge is -2.47. The number of nitrogens with zero attached hydrogens (tertiary/aromatic N) is 2. The molecule has 192 valence electrons. The number of nitro groups is 2. The van der Waals surface area contributed by atoms with Crippen LogP contribution < -0.4 is 10.6 Å². The van der Waals surface area contributed by atoms with Crippen molar-refractivity contribution in [1.82, 2.24) is 10.6 Å². The molecule has 2 amide bonds. The fourth-order valence-corrected chi connectivity index (χ4v) is 5.66. The first-order chi connectivity index (χ1) is 16.7. The van der Waals surface area contributed by atoms with Crippen molar-refractivity contribution in [2.24, 2.45) is 10.8 Å². The zero-order valence-electron chi connectivity index (χ0n) is 21.2. The molecule has 3 rings (SSSR count). The fourth-order valence-electron chi connectivity index (χ4n) is 5.66. The topological polar surface area (TPSA) is 144 Å². The van der Waals surface area contributed by atoms with Gasteiger partial charge in [-0.3, -0.25) is 29.8 Å². The van der Waals surface area contributed by atoms with Gasteiger partial charge in [-0.05, 0) is 56.1 Å². The van der Waals surface area contributed by atoms with Crippen molar-refractivity contribution < 1.29 is 19.4 Å². The number of nitrogens with one attached hydrogen (secondary N) is 2. The minimum absolute atomic E-state index is 0.101. The van der Waals surface area contributed by atoms with E-state index >= 15 is 0 Å². The third kappa shape index (κ3) is 5.87. The molecule has 0 bridgehead atoms. The van der Waals surface area contributed by atoms with E-state index in [0.717, 1.165) is 12.8 Å². The van der Waals surface area contributed by atoms with Gasteiger partial charge in [-0.25, -0.2) is 0 Å². The zero-order chi connectivity index (χ0) is 26.8. The van der Waals surface area contributed by atoms with Crippen LogP contribution in [0.2, 0.25) is 0 Å². The van der Waals surface area contributed by atoms with Gasteiger partial charge in [-0.2, -0.15) is 0 Å². The third-order valence-electron chi connectivity index (χ3n) is 6.95. The highest BCUT2D eigenvalue weighted by Gasteiger charge is 2.42. The molecule has 2 aromatic rings. The van der Waals surface area contributed by atoms with Gasteiger partial charge < -0.3 is 10.6 Å². The largest absolute Gasteiger partial charge is 0.351 e. The summed E-state index contributed by atoms with van der Waals surface area (Å²) in [6.07, 6.45) is 2.13. The maximum absolute atomic E-state index is 13.0. The first kappa shape index (κ1) is 26.8. The number of benzene rings is 2. The lowest BCUT2D eigenvalue weighted by atomic mass is 9.62. The van der Waals surface area contributed by atoms with Gasteiger partial charge >= 0.3 is 0 Å². The third-order valence-corrected chi connectivity index (χ3v) is 6.95. The average Bonchev–Trinajstić information content (AvgIpc) is 2.76. The SMILES string of the molecule is Cc1c(C(=O)NC[C@]2(C)C[C@H](NC(=O)c3cccc([N+](=O)[O-])c3C)CC(C)(C)C2)cccc1[N+](=O)[O-]. The Morgan fingerprint density at radius 3 is 1.89 bits per heavy atom. The van der Waals surface area contributed by atoms with E-state index in [1.807, 2.05) is 6.92 Å². The number of nitro benzene ring substituents is 2. The summed E-state index contributed by atoms with van der Waals surface area (Å²) >= 11 is 0. The Hall–Kier alpha value is -3.82. The van der Waals surface area contributed by atoms with Crippen molar-refractivity contribution in [3.63, 3.8) is 0 Å². The Balaban J connectivity index is 1.74. The summed E-state index contributed by atoms with van der Waals surface area (Å²) in [6.45, 7) is 9.71. The Morgan fingerprint density at radius 2 is 1.39 bits per heavy atom. The highest BCUT2D eigenvalue weighted by molar-refractivity contribution is 5.97. The Bertz CT molecular complexity index is 1220. The van der Waals surface area contributed by atoms with E-state index in [9.17, 15) is 29.8 Å². The molecule has 2 N–H and O–H groups in total. The van der Waals surface area contributed by atoms with E-state index in [1.165, 1.54) is 24.3 Å². The second kappa shape index (κ2) is 10.0. The van der Waals surface area contributed by atoms with Gasteiger partial charge in [0.25, 0.3) is 23.2 Å². The molecule has 1 aliphatic rings. The van der Waals surface area contributed by atoms with Crippen LogP contribution in [0.3, 0.4) is 0 Å². The highest BCUT2D eigenvalue weighted by Crippen LogP contribution is 2.46. The van der Waals surface area contributed by atoms with Crippen LogP contribution in [0, 0.1) is 44.9 Å². The fraction of sp³-hybridized carbons (Fsp3) is 0.462. The molecule has 1 aliphatic carbocycles. The monoisotopic (exact) mass is 496 g/mol. The molecule has 0 aromatic heterocycles. The van der Waals surface area contributed by atoms with E-state index in [1.54, 1.807) is 26.0 Å². The van der Waals surface area contributed by atoms with E-state index in [-0.39, 0.29) is 51.2 Å². The van der Waals surface area contributed by atoms with Crippen molar-refractivity contribution >= 4 is 23.2 Å². The van der Waals surface area contributed by atoms with Crippen LogP contribution >= 0.6 is 0 Å². The van der Waals surface area contributed by atoms with Gasteiger partial charge in [0.15, 0.2) is 0 Å². The van der Waals surface area contributed by atoms with Crippen LogP contribution in [0.25, 0.3) is 0 Å². The summed E-state index contributed by atoms with van der Waals surface area (Å²) < 4.78 is 0. The van der Waals surface area contributed by atoms with Crippen LogP contribution in [0.5, 0.6) is 0 Å². The molecular weight excluding hydrogens is 464 g/mol. The van der Waals surface area contributed by atoms with Gasteiger partial charge in [-0.15, -0.1) is 0 Å². The smallest absolute Gasteiger partial charge is 0.273 e. The predicted octanol–water partition coefficient (Wildman–Crippen LogP) is 4.86. The predicted molar refractivity (Wildman–Crippen MR) is 135 cm³/mol. The molecule has 0 saturated heterocycles. The zero-order valence-corrected chi connectivity index (χ0v) is 21.2. The molecule has 0 spiro atoms. The molecule has 10 heteroatoms.